The Hall–Kier alpha value is -2.06. The minimum Gasteiger partial charge on any atom is -0.489 e. The molecule has 1 unspecified atom stereocenters. The molecule has 2 nitrogen and oxygen atoms in total. The van der Waals surface area contributed by atoms with Gasteiger partial charge in [-0.05, 0) is 43.0 Å². The van der Waals surface area contributed by atoms with Crippen molar-refractivity contribution in [1.29, 1.82) is 0 Å². The van der Waals surface area contributed by atoms with Crippen molar-refractivity contribution in [1.82, 2.24) is 0 Å². The molecule has 1 atom stereocenters. The third kappa shape index (κ3) is 5.09. The zero-order chi connectivity index (χ0) is 15.1. The second kappa shape index (κ2) is 7.65. The summed E-state index contributed by atoms with van der Waals surface area (Å²) in [6.45, 7) is 6.38. The Labute approximate surface area is 126 Å². The number of rotatable bonds is 7. The molecular formula is C19H22O2. The lowest BCUT2D eigenvalue weighted by molar-refractivity contribution is 0.167. The monoisotopic (exact) mass is 282 g/mol. The molecule has 110 valence electrons. The Morgan fingerprint density at radius 1 is 1.14 bits per heavy atom. The van der Waals surface area contributed by atoms with Gasteiger partial charge in [0.2, 0.25) is 0 Å². The second-order valence-corrected chi connectivity index (χ2v) is 5.36. The lowest BCUT2D eigenvalue weighted by atomic mass is 10.0. The van der Waals surface area contributed by atoms with Gasteiger partial charge >= 0.3 is 0 Å². The Morgan fingerprint density at radius 2 is 1.90 bits per heavy atom. The van der Waals surface area contributed by atoms with E-state index in [0.717, 1.165) is 28.9 Å². The van der Waals surface area contributed by atoms with E-state index in [4.69, 9.17) is 4.74 Å². The third-order valence-electron chi connectivity index (χ3n) is 3.34. The zero-order valence-electron chi connectivity index (χ0n) is 12.5. The SMILES string of the molecule is C=C(C)CCC(O)c1cccc(OCc2ccccc2)c1. The van der Waals surface area contributed by atoms with E-state index in [-0.39, 0.29) is 0 Å². The fourth-order valence-electron chi connectivity index (χ4n) is 2.10. The lowest BCUT2D eigenvalue weighted by Crippen LogP contribution is -2.00. The van der Waals surface area contributed by atoms with Gasteiger partial charge in [0.15, 0.2) is 0 Å². The Balaban J connectivity index is 1.95. The molecule has 0 radical (unpaired) electrons. The van der Waals surface area contributed by atoms with Gasteiger partial charge in [0, 0.05) is 0 Å². The van der Waals surface area contributed by atoms with Crippen molar-refractivity contribution in [3.63, 3.8) is 0 Å². The molecule has 0 bridgehead atoms. The number of ether oxygens (including phenoxy) is 1. The largest absolute Gasteiger partial charge is 0.489 e. The van der Waals surface area contributed by atoms with Crippen molar-refractivity contribution in [2.45, 2.75) is 32.5 Å². The Kier molecular flexibility index (Phi) is 5.59. The maximum atomic E-state index is 10.2. The molecule has 2 rings (SSSR count). The number of aliphatic hydroxyl groups excluding tert-OH is 1. The average Bonchev–Trinajstić information content (AvgIpc) is 2.52. The molecule has 0 aliphatic heterocycles. The van der Waals surface area contributed by atoms with E-state index < -0.39 is 6.10 Å². The van der Waals surface area contributed by atoms with Crippen LogP contribution in [0.1, 0.15) is 37.0 Å². The fraction of sp³-hybridized carbons (Fsp3) is 0.263. The fourth-order valence-corrected chi connectivity index (χ4v) is 2.10. The van der Waals surface area contributed by atoms with Gasteiger partial charge in [0.05, 0.1) is 6.10 Å². The van der Waals surface area contributed by atoms with Crippen LogP contribution in [0.3, 0.4) is 0 Å². The van der Waals surface area contributed by atoms with Gasteiger partial charge in [-0.2, -0.15) is 0 Å². The number of hydrogen-bond acceptors (Lipinski definition) is 2. The van der Waals surface area contributed by atoms with Gasteiger partial charge in [-0.3, -0.25) is 0 Å². The van der Waals surface area contributed by atoms with Crippen LogP contribution in [0, 0.1) is 0 Å². The van der Waals surface area contributed by atoms with E-state index in [1.165, 1.54) is 0 Å². The van der Waals surface area contributed by atoms with Crippen molar-refractivity contribution < 1.29 is 9.84 Å². The van der Waals surface area contributed by atoms with E-state index in [0.29, 0.717) is 13.0 Å². The van der Waals surface area contributed by atoms with E-state index >= 15 is 0 Å². The third-order valence-corrected chi connectivity index (χ3v) is 3.34. The van der Waals surface area contributed by atoms with E-state index in [1.807, 2.05) is 61.5 Å². The first-order valence-corrected chi connectivity index (χ1v) is 7.24. The predicted octanol–water partition coefficient (Wildman–Crippen LogP) is 4.66. The molecule has 0 heterocycles. The first-order valence-electron chi connectivity index (χ1n) is 7.24. The van der Waals surface area contributed by atoms with Gasteiger partial charge in [0.25, 0.3) is 0 Å². The standard InChI is InChI=1S/C19H22O2/c1-15(2)11-12-19(20)17-9-6-10-18(13-17)21-14-16-7-4-3-5-8-16/h3-10,13,19-20H,1,11-12,14H2,2H3. The maximum absolute atomic E-state index is 10.2. The minimum atomic E-state index is -0.470. The van der Waals surface area contributed by atoms with Crippen LogP contribution in [0.5, 0.6) is 5.75 Å². The lowest BCUT2D eigenvalue weighted by Gasteiger charge is -2.13. The zero-order valence-corrected chi connectivity index (χ0v) is 12.5. The highest BCUT2D eigenvalue weighted by Crippen LogP contribution is 2.24. The van der Waals surface area contributed by atoms with E-state index in [1.54, 1.807) is 0 Å². The molecule has 0 fully saturated rings. The molecule has 2 heteroatoms. The van der Waals surface area contributed by atoms with Gasteiger partial charge < -0.3 is 9.84 Å². The van der Waals surface area contributed by atoms with Gasteiger partial charge in [-0.1, -0.05) is 48.0 Å². The smallest absolute Gasteiger partial charge is 0.120 e. The summed E-state index contributed by atoms with van der Waals surface area (Å²) >= 11 is 0. The summed E-state index contributed by atoms with van der Waals surface area (Å²) in [6, 6.07) is 17.7. The summed E-state index contributed by atoms with van der Waals surface area (Å²) in [6.07, 6.45) is 1.05. The molecule has 0 saturated heterocycles. The predicted molar refractivity (Wildman–Crippen MR) is 86.2 cm³/mol. The molecule has 0 spiro atoms. The van der Waals surface area contributed by atoms with Gasteiger partial charge in [0.1, 0.15) is 12.4 Å². The highest BCUT2D eigenvalue weighted by molar-refractivity contribution is 5.30. The second-order valence-electron chi connectivity index (χ2n) is 5.36. The summed E-state index contributed by atoms with van der Waals surface area (Å²) < 4.78 is 5.78. The first kappa shape index (κ1) is 15.3. The van der Waals surface area contributed by atoms with E-state index in [9.17, 15) is 5.11 Å². The van der Waals surface area contributed by atoms with Crippen molar-refractivity contribution in [2.75, 3.05) is 0 Å². The average molecular weight is 282 g/mol. The molecule has 2 aromatic rings. The molecule has 0 saturated carbocycles. The summed E-state index contributed by atoms with van der Waals surface area (Å²) in [5.41, 5.74) is 3.11. The van der Waals surface area contributed by atoms with Crippen LogP contribution in [0.4, 0.5) is 0 Å². The van der Waals surface area contributed by atoms with Crippen molar-refractivity contribution >= 4 is 0 Å². The van der Waals surface area contributed by atoms with Crippen LogP contribution in [-0.4, -0.2) is 5.11 Å². The van der Waals surface area contributed by atoms with Crippen LogP contribution in [0.25, 0.3) is 0 Å². The van der Waals surface area contributed by atoms with Crippen molar-refractivity contribution in [3.05, 3.63) is 77.9 Å². The number of aliphatic hydroxyl groups is 1. The number of benzene rings is 2. The molecular weight excluding hydrogens is 260 g/mol. The molecule has 1 N–H and O–H groups in total. The maximum Gasteiger partial charge on any atom is 0.120 e. The summed E-state index contributed by atoms with van der Waals surface area (Å²) in [7, 11) is 0. The number of hydrogen-bond donors (Lipinski definition) is 1. The summed E-state index contributed by atoms with van der Waals surface area (Å²) in [5, 5.41) is 10.2. The highest BCUT2D eigenvalue weighted by Gasteiger charge is 2.08. The topological polar surface area (TPSA) is 29.5 Å². The van der Waals surface area contributed by atoms with Crippen LogP contribution < -0.4 is 4.74 Å². The molecule has 0 amide bonds. The molecule has 0 aromatic heterocycles. The molecule has 2 aromatic carbocycles. The van der Waals surface area contributed by atoms with Crippen LogP contribution in [0.15, 0.2) is 66.7 Å². The summed E-state index contributed by atoms with van der Waals surface area (Å²) in [4.78, 5) is 0. The van der Waals surface area contributed by atoms with Crippen molar-refractivity contribution in [3.8, 4) is 5.75 Å². The van der Waals surface area contributed by atoms with Gasteiger partial charge in [-0.15, -0.1) is 6.58 Å². The number of allylic oxidation sites excluding steroid dienone is 1. The quantitative estimate of drug-likeness (QED) is 0.749. The van der Waals surface area contributed by atoms with Crippen molar-refractivity contribution in [2.24, 2.45) is 0 Å². The molecule has 21 heavy (non-hydrogen) atoms. The van der Waals surface area contributed by atoms with Gasteiger partial charge in [-0.25, -0.2) is 0 Å². The minimum absolute atomic E-state index is 0.470. The Morgan fingerprint density at radius 3 is 2.62 bits per heavy atom. The molecule has 0 aliphatic carbocycles. The normalized spacial score (nSPS) is 11.9. The highest BCUT2D eigenvalue weighted by atomic mass is 16.5. The van der Waals surface area contributed by atoms with Crippen LogP contribution in [0.2, 0.25) is 0 Å². The molecule has 0 aliphatic rings. The summed E-state index contributed by atoms with van der Waals surface area (Å²) in [5.74, 6) is 0.783. The van der Waals surface area contributed by atoms with E-state index in [2.05, 4.69) is 6.58 Å². The first-order chi connectivity index (χ1) is 10.1. The Bertz CT molecular complexity index is 575. The van der Waals surface area contributed by atoms with Crippen LogP contribution >= 0.6 is 0 Å². The van der Waals surface area contributed by atoms with Crippen LogP contribution in [-0.2, 0) is 6.61 Å².